The zero-order valence-corrected chi connectivity index (χ0v) is 36.8. The minimum absolute atomic E-state index is 0.144. The average molecular weight is 869 g/mol. The summed E-state index contributed by atoms with van der Waals surface area (Å²) in [6.45, 7) is 0. The second-order valence-corrected chi connectivity index (χ2v) is 17.5. The third-order valence-electron chi connectivity index (χ3n) is 13.5. The lowest BCUT2D eigenvalue weighted by Crippen LogP contribution is -2.27. The first-order chi connectivity index (χ1) is 33.7. The van der Waals surface area contributed by atoms with E-state index >= 15 is 0 Å². The van der Waals surface area contributed by atoms with Crippen molar-refractivity contribution in [2.45, 2.75) is 11.8 Å². The number of rotatable bonds is 8. The molecule has 6 nitrogen and oxygen atoms in total. The van der Waals surface area contributed by atoms with E-state index in [1.54, 1.807) is 12.4 Å². The first-order valence-corrected chi connectivity index (χ1v) is 23.0. The topological polar surface area (TPSA) is 77.3 Å². The fourth-order valence-corrected chi connectivity index (χ4v) is 10.2. The van der Waals surface area contributed by atoms with Crippen molar-refractivity contribution in [2.24, 2.45) is 0 Å². The van der Waals surface area contributed by atoms with Crippen molar-refractivity contribution in [3.8, 4) is 90.1 Å². The SMILES string of the molecule is c1ccc(-c2nc(-c3ccc(-c4ccc5c(c4)C4c6ccccc6C5c5cc(-c6ccc(-c7cc(-c8cccnc8)nc(-c8ccccc8)n7)cc6)ccc54)cc3)cc(-c3cccnc3)n2)cc1. The molecule has 3 aliphatic carbocycles. The van der Waals surface area contributed by atoms with Gasteiger partial charge in [-0.1, -0.05) is 158 Å². The van der Waals surface area contributed by atoms with E-state index in [-0.39, 0.29) is 11.8 Å². The Bertz CT molecular complexity index is 3290. The number of hydrogen-bond acceptors (Lipinski definition) is 6. The highest BCUT2D eigenvalue weighted by molar-refractivity contribution is 5.79. The van der Waals surface area contributed by atoms with Crippen LogP contribution in [0, 0.1) is 0 Å². The van der Waals surface area contributed by atoms with Crippen LogP contribution in [0.5, 0.6) is 0 Å². The lowest BCUT2D eigenvalue weighted by Gasteiger charge is -2.42. The van der Waals surface area contributed by atoms with Crippen LogP contribution in [0.1, 0.15) is 45.2 Å². The normalized spacial score (nSPS) is 14.2. The van der Waals surface area contributed by atoms with E-state index in [4.69, 9.17) is 19.9 Å². The zero-order chi connectivity index (χ0) is 45.0. The predicted octanol–water partition coefficient (Wildman–Crippen LogP) is 14.4. The van der Waals surface area contributed by atoms with Gasteiger partial charge in [0.05, 0.1) is 22.8 Å². The molecule has 2 unspecified atom stereocenters. The van der Waals surface area contributed by atoms with Gasteiger partial charge < -0.3 is 0 Å². The van der Waals surface area contributed by atoms with Gasteiger partial charge in [-0.05, 0) is 104 Å². The van der Waals surface area contributed by atoms with E-state index < -0.39 is 0 Å². The summed E-state index contributed by atoms with van der Waals surface area (Å²) in [6.07, 6.45) is 7.27. The maximum Gasteiger partial charge on any atom is 0.160 e. The van der Waals surface area contributed by atoms with Gasteiger partial charge in [-0.15, -0.1) is 0 Å². The van der Waals surface area contributed by atoms with Crippen molar-refractivity contribution in [1.82, 2.24) is 29.9 Å². The lowest BCUT2D eigenvalue weighted by atomic mass is 9.60. The number of hydrogen-bond donors (Lipinski definition) is 0. The molecule has 0 saturated carbocycles. The molecule has 2 atom stereocenters. The monoisotopic (exact) mass is 868 g/mol. The Morgan fingerprint density at radius 1 is 0.235 bits per heavy atom. The van der Waals surface area contributed by atoms with Crippen LogP contribution in [0.2, 0.25) is 0 Å². The molecule has 3 aliphatic rings. The van der Waals surface area contributed by atoms with Crippen molar-refractivity contribution in [3.63, 3.8) is 0 Å². The molecule has 0 aliphatic heterocycles. The number of nitrogens with zero attached hydrogens (tertiary/aromatic N) is 6. The molecule has 6 heteroatoms. The van der Waals surface area contributed by atoms with E-state index in [1.165, 1.54) is 55.6 Å². The van der Waals surface area contributed by atoms with Crippen molar-refractivity contribution in [3.05, 3.63) is 264 Å². The standard InChI is InChI=1S/C62H40N6/c1-3-11-43(12-4-1)61-65-55(35-57(67-61)47-15-9-31-63-37-47)41-23-19-39(20-24-41)45-27-29-51-53(33-45)59-49-17-7-8-18-50(49)60(51)54-34-46(28-30-52(54)59)40-21-25-42(26-22-40)56-36-58(48-16-10-32-64-38-48)68-62(66-56)44-13-5-2-6-14-44/h1-38,59-60H. The highest BCUT2D eigenvalue weighted by Gasteiger charge is 2.41. The molecule has 318 valence electrons. The summed E-state index contributed by atoms with van der Waals surface area (Å²) in [5, 5.41) is 0. The second kappa shape index (κ2) is 16.5. The van der Waals surface area contributed by atoms with Gasteiger partial charge in [-0.25, -0.2) is 19.9 Å². The van der Waals surface area contributed by atoms with Crippen LogP contribution in [0.15, 0.2) is 231 Å². The van der Waals surface area contributed by atoms with Crippen molar-refractivity contribution in [1.29, 1.82) is 0 Å². The second-order valence-electron chi connectivity index (χ2n) is 17.5. The molecule has 4 heterocycles. The van der Waals surface area contributed by atoms with Gasteiger partial charge in [0.2, 0.25) is 0 Å². The van der Waals surface area contributed by atoms with Crippen LogP contribution in [0.4, 0.5) is 0 Å². The van der Waals surface area contributed by atoms with Gasteiger partial charge in [0.15, 0.2) is 11.6 Å². The number of benzene rings is 7. The van der Waals surface area contributed by atoms with Crippen LogP contribution < -0.4 is 0 Å². The summed E-state index contributed by atoms with van der Waals surface area (Å²) in [4.78, 5) is 28.7. The third kappa shape index (κ3) is 6.98. The summed E-state index contributed by atoms with van der Waals surface area (Å²) in [7, 11) is 0. The van der Waals surface area contributed by atoms with Crippen molar-refractivity contribution >= 4 is 0 Å². The largest absolute Gasteiger partial charge is 0.264 e. The summed E-state index contributed by atoms with van der Waals surface area (Å²) in [5.41, 5.74) is 22.4. The van der Waals surface area contributed by atoms with E-state index in [2.05, 4.69) is 156 Å². The van der Waals surface area contributed by atoms with Crippen LogP contribution in [0.3, 0.4) is 0 Å². The molecular weight excluding hydrogens is 829 g/mol. The Morgan fingerprint density at radius 3 is 0.971 bits per heavy atom. The first-order valence-electron chi connectivity index (χ1n) is 23.0. The predicted molar refractivity (Wildman–Crippen MR) is 271 cm³/mol. The van der Waals surface area contributed by atoms with Crippen LogP contribution in [-0.2, 0) is 0 Å². The molecule has 0 saturated heterocycles. The molecule has 68 heavy (non-hydrogen) atoms. The summed E-state index contributed by atoms with van der Waals surface area (Å²) >= 11 is 0. The van der Waals surface area contributed by atoms with Crippen LogP contribution in [-0.4, -0.2) is 29.9 Å². The molecule has 14 rings (SSSR count). The molecular formula is C62H40N6. The minimum atomic E-state index is 0.144. The van der Waals surface area contributed by atoms with E-state index in [0.29, 0.717) is 11.6 Å². The Hall–Kier alpha value is -9.00. The Kier molecular flexibility index (Phi) is 9.53. The maximum atomic E-state index is 5.06. The van der Waals surface area contributed by atoms with Crippen LogP contribution >= 0.6 is 0 Å². The summed E-state index contributed by atoms with van der Waals surface area (Å²) in [6, 6.07) is 73.2. The lowest BCUT2D eigenvalue weighted by molar-refractivity contribution is 0.755. The van der Waals surface area contributed by atoms with Gasteiger partial charge >= 0.3 is 0 Å². The Morgan fingerprint density at radius 2 is 0.574 bits per heavy atom. The quantitative estimate of drug-likeness (QED) is 0.151. The Labute approximate surface area is 394 Å². The molecule has 4 aromatic heterocycles. The van der Waals surface area contributed by atoms with Gasteiger partial charge in [0.1, 0.15) is 0 Å². The fraction of sp³-hybridized carbons (Fsp3) is 0.0323. The molecule has 0 amide bonds. The molecule has 0 fully saturated rings. The highest BCUT2D eigenvalue weighted by atomic mass is 14.9. The van der Waals surface area contributed by atoms with Crippen LogP contribution in [0.25, 0.3) is 90.1 Å². The zero-order valence-electron chi connectivity index (χ0n) is 36.8. The van der Waals surface area contributed by atoms with Gasteiger partial charge in [-0.2, -0.15) is 0 Å². The number of aromatic nitrogens is 6. The average Bonchev–Trinajstić information content (AvgIpc) is 3.43. The first kappa shape index (κ1) is 39.4. The maximum absolute atomic E-state index is 5.06. The summed E-state index contributed by atoms with van der Waals surface area (Å²) < 4.78 is 0. The molecule has 0 N–H and O–H groups in total. The van der Waals surface area contributed by atoms with Gasteiger partial charge in [0.25, 0.3) is 0 Å². The Balaban J connectivity index is 0.821. The van der Waals surface area contributed by atoms with E-state index in [9.17, 15) is 0 Å². The van der Waals surface area contributed by atoms with E-state index in [1.807, 2.05) is 73.1 Å². The van der Waals surface area contributed by atoms with Gasteiger partial charge in [-0.3, -0.25) is 9.97 Å². The van der Waals surface area contributed by atoms with E-state index in [0.717, 1.165) is 56.2 Å². The van der Waals surface area contributed by atoms with Crippen molar-refractivity contribution in [2.75, 3.05) is 0 Å². The highest BCUT2D eigenvalue weighted by Crippen LogP contribution is 2.56. The van der Waals surface area contributed by atoms with Gasteiger partial charge in [0, 0.05) is 70.0 Å². The fourth-order valence-electron chi connectivity index (χ4n) is 10.2. The minimum Gasteiger partial charge on any atom is -0.264 e. The molecule has 0 spiro atoms. The molecule has 2 bridgehead atoms. The molecule has 11 aromatic rings. The number of pyridine rings is 2. The third-order valence-corrected chi connectivity index (χ3v) is 13.5. The molecule has 7 aromatic carbocycles. The summed E-state index contributed by atoms with van der Waals surface area (Å²) in [5.74, 6) is 1.67. The van der Waals surface area contributed by atoms with Crippen molar-refractivity contribution < 1.29 is 0 Å². The molecule has 0 radical (unpaired) electrons. The smallest absolute Gasteiger partial charge is 0.160 e.